The predicted molar refractivity (Wildman–Crippen MR) is 99.3 cm³/mol. The van der Waals surface area contributed by atoms with Crippen molar-refractivity contribution in [1.29, 1.82) is 0 Å². The first-order valence-electron chi connectivity index (χ1n) is 8.95. The summed E-state index contributed by atoms with van der Waals surface area (Å²) in [5.74, 6) is -0.0587. The van der Waals surface area contributed by atoms with Crippen LogP contribution in [0.25, 0.3) is 0 Å². The summed E-state index contributed by atoms with van der Waals surface area (Å²) in [6.07, 6.45) is 2.64. The fourth-order valence-corrected chi connectivity index (χ4v) is 3.58. The molecule has 0 spiro atoms. The highest BCUT2D eigenvalue weighted by atomic mass is 16.3. The first-order valence-corrected chi connectivity index (χ1v) is 8.95. The minimum Gasteiger partial charge on any atom is -0.388 e. The van der Waals surface area contributed by atoms with Crippen molar-refractivity contribution < 1.29 is 9.90 Å². The summed E-state index contributed by atoms with van der Waals surface area (Å²) in [5, 5.41) is 13.2. The molecule has 0 aliphatic carbocycles. The van der Waals surface area contributed by atoms with Crippen molar-refractivity contribution in [3.05, 3.63) is 71.3 Å². The third-order valence-corrected chi connectivity index (χ3v) is 5.01. The molecule has 4 heteroatoms. The SMILES string of the molecule is CNC(=O)c1ccc(CN2CCC[C@H]2C[C@H](O)c2ccccc2)cc1. The second kappa shape index (κ2) is 8.28. The van der Waals surface area contributed by atoms with E-state index in [1.165, 1.54) is 12.0 Å². The van der Waals surface area contributed by atoms with Crippen molar-refractivity contribution in [2.24, 2.45) is 0 Å². The number of hydrogen-bond donors (Lipinski definition) is 2. The van der Waals surface area contributed by atoms with Gasteiger partial charge in [-0.25, -0.2) is 0 Å². The molecule has 0 aromatic heterocycles. The van der Waals surface area contributed by atoms with Crippen LogP contribution in [0, 0.1) is 0 Å². The molecule has 1 fully saturated rings. The Morgan fingerprint density at radius 1 is 1.20 bits per heavy atom. The molecule has 2 N–H and O–H groups in total. The zero-order valence-electron chi connectivity index (χ0n) is 14.7. The van der Waals surface area contributed by atoms with E-state index in [0.29, 0.717) is 11.6 Å². The van der Waals surface area contributed by atoms with Crippen molar-refractivity contribution in [2.45, 2.75) is 38.0 Å². The molecular weight excluding hydrogens is 312 g/mol. The summed E-state index contributed by atoms with van der Waals surface area (Å²) in [6, 6.07) is 18.1. The number of benzene rings is 2. The van der Waals surface area contributed by atoms with Gasteiger partial charge in [-0.15, -0.1) is 0 Å². The molecule has 0 saturated carbocycles. The lowest BCUT2D eigenvalue weighted by atomic mass is 10.00. The van der Waals surface area contributed by atoms with Gasteiger partial charge in [0.15, 0.2) is 0 Å². The summed E-state index contributed by atoms with van der Waals surface area (Å²) < 4.78 is 0. The Bertz CT molecular complexity index is 685. The third kappa shape index (κ3) is 4.47. The smallest absolute Gasteiger partial charge is 0.251 e. The van der Waals surface area contributed by atoms with Crippen LogP contribution in [0.3, 0.4) is 0 Å². The lowest BCUT2D eigenvalue weighted by molar-refractivity contribution is 0.0963. The minimum atomic E-state index is -0.414. The van der Waals surface area contributed by atoms with Crippen molar-refractivity contribution in [3.63, 3.8) is 0 Å². The van der Waals surface area contributed by atoms with E-state index in [0.717, 1.165) is 31.5 Å². The molecule has 4 nitrogen and oxygen atoms in total. The number of nitrogens with zero attached hydrogens (tertiary/aromatic N) is 1. The number of carbonyl (C=O) groups is 1. The molecule has 0 radical (unpaired) electrons. The van der Waals surface area contributed by atoms with Gasteiger partial charge in [-0.3, -0.25) is 9.69 Å². The van der Waals surface area contributed by atoms with Gasteiger partial charge in [0.1, 0.15) is 0 Å². The van der Waals surface area contributed by atoms with E-state index in [4.69, 9.17) is 0 Å². The molecule has 25 heavy (non-hydrogen) atoms. The maximum Gasteiger partial charge on any atom is 0.251 e. The number of nitrogens with one attached hydrogen (secondary N) is 1. The van der Waals surface area contributed by atoms with E-state index < -0.39 is 6.10 Å². The second-order valence-electron chi connectivity index (χ2n) is 6.70. The maximum absolute atomic E-state index is 11.6. The minimum absolute atomic E-state index is 0.0587. The first-order chi connectivity index (χ1) is 12.2. The molecule has 1 aliphatic heterocycles. The fourth-order valence-electron chi connectivity index (χ4n) is 3.58. The molecule has 2 aromatic rings. The van der Waals surface area contributed by atoms with Crippen LogP contribution in [0.1, 0.15) is 46.9 Å². The van der Waals surface area contributed by atoms with Crippen LogP contribution in [0.2, 0.25) is 0 Å². The van der Waals surface area contributed by atoms with E-state index in [-0.39, 0.29) is 5.91 Å². The quantitative estimate of drug-likeness (QED) is 0.851. The average molecular weight is 338 g/mol. The molecule has 1 amide bonds. The summed E-state index contributed by atoms with van der Waals surface area (Å²) in [5.41, 5.74) is 2.88. The molecule has 132 valence electrons. The molecule has 1 heterocycles. The number of aliphatic hydroxyl groups is 1. The van der Waals surface area contributed by atoms with Crippen molar-refractivity contribution >= 4 is 5.91 Å². The Morgan fingerprint density at radius 2 is 1.92 bits per heavy atom. The zero-order valence-corrected chi connectivity index (χ0v) is 14.7. The third-order valence-electron chi connectivity index (χ3n) is 5.01. The Hall–Kier alpha value is -2.17. The van der Waals surface area contributed by atoms with Gasteiger partial charge in [-0.2, -0.15) is 0 Å². The van der Waals surface area contributed by atoms with Crippen LogP contribution in [-0.4, -0.2) is 35.5 Å². The topological polar surface area (TPSA) is 52.6 Å². The average Bonchev–Trinajstić information content (AvgIpc) is 3.09. The highest BCUT2D eigenvalue weighted by Gasteiger charge is 2.27. The van der Waals surface area contributed by atoms with E-state index in [2.05, 4.69) is 10.2 Å². The lowest BCUT2D eigenvalue weighted by Gasteiger charge is -2.26. The molecular formula is C21H26N2O2. The van der Waals surface area contributed by atoms with Gasteiger partial charge in [-0.1, -0.05) is 42.5 Å². The van der Waals surface area contributed by atoms with Crippen LogP contribution < -0.4 is 5.32 Å². The van der Waals surface area contributed by atoms with Crippen molar-refractivity contribution in [1.82, 2.24) is 10.2 Å². The largest absolute Gasteiger partial charge is 0.388 e. The van der Waals surface area contributed by atoms with Crippen LogP contribution in [-0.2, 0) is 6.54 Å². The number of rotatable bonds is 6. The molecule has 3 rings (SSSR count). The van der Waals surface area contributed by atoms with Crippen molar-refractivity contribution in [2.75, 3.05) is 13.6 Å². The molecule has 0 unspecified atom stereocenters. The van der Waals surface area contributed by atoms with E-state index in [1.54, 1.807) is 7.05 Å². The Morgan fingerprint density at radius 3 is 2.60 bits per heavy atom. The highest BCUT2D eigenvalue weighted by Crippen LogP contribution is 2.28. The van der Waals surface area contributed by atoms with Gasteiger partial charge >= 0.3 is 0 Å². The van der Waals surface area contributed by atoms with Crippen LogP contribution in [0.5, 0.6) is 0 Å². The molecule has 1 saturated heterocycles. The molecule has 2 aromatic carbocycles. The molecule has 0 bridgehead atoms. The predicted octanol–water partition coefficient (Wildman–Crippen LogP) is 3.13. The number of amides is 1. The van der Waals surface area contributed by atoms with Crippen LogP contribution in [0.4, 0.5) is 0 Å². The number of carbonyl (C=O) groups excluding carboxylic acids is 1. The monoisotopic (exact) mass is 338 g/mol. The van der Waals surface area contributed by atoms with Gasteiger partial charge in [0.05, 0.1) is 6.10 Å². The summed E-state index contributed by atoms with van der Waals surface area (Å²) in [6.45, 7) is 1.92. The van der Waals surface area contributed by atoms with E-state index >= 15 is 0 Å². The fraction of sp³-hybridized carbons (Fsp3) is 0.381. The van der Waals surface area contributed by atoms with Crippen LogP contribution in [0.15, 0.2) is 54.6 Å². The number of aliphatic hydroxyl groups excluding tert-OH is 1. The molecule has 1 aliphatic rings. The van der Waals surface area contributed by atoms with Gasteiger partial charge < -0.3 is 10.4 Å². The number of likely N-dealkylation sites (tertiary alicyclic amines) is 1. The van der Waals surface area contributed by atoms with Gasteiger partial charge in [0.25, 0.3) is 5.91 Å². The van der Waals surface area contributed by atoms with Gasteiger partial charge in [-0.05, 0) is 49.1 Å². The first kappa shape index (κ1) is 17.6. The Labute approximate surface area is 149 Å². The molecule has 2 atom stereocenters. The normalized spacial score (nSPS) is 18.9. The standard InChI is InChI=1S/C21H26N2O2/c1-22-21(25)18-11-9-16(10-12-18)15-23-13-5-8-19(23)14-20(24)17-6-3-2-4-7-17/h2-4,6-7,9-12,19-20,24H,5,8,13-15H2,1H3,(H,22,25)/t19-,20-/m0/s1. The van der Waals surface area contributed by atoms with Crippen LogP contribution >= 0.6 is 0 Å². The van der Waals surface area contributed by atoms with Gasteiger partial charge in [0.2, 0.25) is 0 Å². The second-order valence-corrected chi connectivity index (χ2v) is 6.70. The summed E-state index contributed by atoms with van der Waals surface area (Å²) in [4.78, 5) is 14.1. The van der Waals surface area contributed by atoms with E-state index in [9.17, 15) is 9.90 Å². The summed E-state index contributed by atoms with van der Waals surface area (Å²) >= 11 is 0. The zero-order chi connectivity index (χ0) is 17.6. The highest BCUT2D eigenvalue weighted by molar-refractivity contribution is 5.93. The Kier molecular flexibility index (Phi) is 5.84. The maximum atomic E-state index is 11.6. The van der Waals surface area contributed by atoms with Gasteiger partial charge in [0, 0.05) is 25.2 Å². The van der Waals surface area contributed by atoms with Crippen molar-refractivity contribution in [3.8, 4) is 0 Å². The Balaban J connectivity index is 1.61. The number of hydrogen-bond acceptors (Lipinski definition) is 3. The lowest BCUT2D eigenvalue weighted by Crippen LogP contribution is -2.30. The van der Waals surface area contributed by atoms with E-state index in [1.807, 2.05) is 54.6 Å². The summed E-state index contributed by atoms with van der Waals surface area (Å²) in [7, 11) is 1.64.